The van der Waals surface area contributed by atoms with Crippen molar-refractivity contribution in [3.05, 3.63) is 80.9 Å². The summed E-state index contributed by atoms with van der Waals surface area (Å²) in [5.74, 6) is -0.423. The number of carbonyl (C=O) groups is 1. The molecule has 0 aliphatic carbocycles. The van der Waals surface area contributed by atoms with Gasteiger partial charge in [0.15, 0.2) is 0 Å². The number of aryl methyl sites for hydroxylation is 3. The zero-order chi connectivity index (χ0) is 17.3. The minimum atomic E-state index is -0.423. The van der Waals surface area contributed by atoms with Gasteiger partial charge in [0.2, 0.25) is 0 Å². The number of pyridine rings is 1. The summed E-state index contributed by atoms with van der Waals surface area (Å²) >= 11 is 0. The molecule has 0 spiro atoms. The molecule has 5 heteroatoms. The predicted octanol–water partition coefficient (Wildman–Crippen LogP) is 2.98. The molecule has 0 amide bonds. The molecule has 0 radical (unpaired) electrons. The average Bonchev–Trinajstić information content (AvgIpc) is 2.51. The van der Waals surface area contributed by atoms with Gasteiger partial charge in [0.1, 0.15) is 12.3 Å². The molecule has 0 fully saturated rings. The van der Waals surface area contributed by atoms with Gasteiger partial charge in [-0.3, -0.25) is 9.20 Å². The maximum atomic E-state index is 12.2. The second-order valence-electron chi connectivity index (χ2n) is 5.90. The maximum absolute atomic E-state index is 12.2. The highest BCUT2D eigenvalue weighted by Crippen LogP contribution is 2.11. The lowest BCUT2D eigenvalue weighted by Gasteiger charge is -2.08. The van der Waals surface area contributed by atoms with E-state index in [0.717, 1.165) is 16.8 Å². The second-order valence-corrected chi connectivity index (χ2v) is 5.90. The van der Waals surface area contributed by atoms with Crippen LogP contribution >= 0.6 is 0 Å². The van der Waals surface area contributed by atoms with E-state index < -0.39 is 5.97 Å². The van der Waals surface area contributed by atoms with Crippen LogP contribution in [0.1, 0.15) is 32.9 Å². The lowest BCUT2D eigenvalue weighted by molar-refractivity contribution is 0.0467. The topological polar surface area (TPSA) is 60.7 Å². The smallest absolute Gasteiger partial charge is 0.338 e. The van der Waals surface area contributed by atoms with Crippen molar-refractivity contribution in [3.8, 4) is 0 Å². The highest BCUT2D eigenvalue weighted by atomic mass is 16.5. The number of hydrogen-bond donors (Lipinski definition) is 0. The third-order valence-corrected chi connectivity index (χ3v) is 3.74. The number of fused-ring (bicyclic) bond motifs is 1. The van der Waals surface area contributed by atoms with Crippen LogP contribution in [0.15, 0.2) is 47.3 Å². The Balaban J connectivity index is 1.83. The number of carbonyl (C=O) groups excluding carboxylic acids is 1. The fraction of sp³-hybridized carbons (Fsp3) is 0.211. The van der Waals surface area contributed by atoms with Crippen LogP contribution in [0, 0.1) is 20.8 Å². The van der Waals surface area contributed by atoms with Gasteiger partial charge in [0, 0.05) is 11.8 Å². The zero-order valence-electron chi connectivity index (χ0n) is 13.9. The van der Waals surface area contributed by atoms with Crippen molar-refractivity contribution in [1.82, 2.24) is 9.38 Å². The lowest BCUT2D eigenvalue weighted by Crippen LogP contribution is -2.18. The first-order valence-corrected chi connectivity index (χ1v) is 7.68. The standard InChI is InChI=1S/C19H18N2O3/c1-12-7-13(2)9-15(8-12)19(23)24-11-16-10-18(22)21-14(3)5-4-6-17(21)20-16/h4-10H,11H2,1-3H3. The van der Waals surface area contributed by atoms with Crippen LogP contribution in [0.4, 0.5) is 0 Å². The Morgan fingerprint density at radius 2 is 1.79 bits per heavy atom. The molecule has 0 N–H and O–H groups in total. The van der Waals surface area contributed by atoms with Crippen molar-refractivity contribution in [1.29, 1.82) is 0 Å². The van der Waals surface area contributed by atoms with Crippen LogP contribution in [0.25, 0.3) is 5.65 Å². The van der Waals surface area contributed by atoms with E-state index in [1.165, 1.54) is 10.5 Å². The Labute approximate surface area is 139 Å². The normalized spacial score (nSPS) is 10.8. The molecule has 5 nitrogen and oxygen atoms in total. The van der Waals surface area contributed by atoms with Crippen LogP contribution in [0.2, 0.25) is 0 Å². The Hall–Kier alpha value is -2.95. The molecule has 0 saturated heterocycles. The molecule has 3 aromatic rings. The van der Waals surface area contributed by atoms with Gasteiger partial charge in [-0.2, -0.15) is 0 Å². The molecule has 0 saturated carbocycles. The summed E-state index contributed by atoms with van der Waals surface area (Å²) < 4.78 is 6.83. The number of hydrogen-bond acceptors (Lipinski definition) is 4. The van der Waals surface area contributed by atoms with E-state index in [2.05, 4.69) is 4.98 Å². The van der Waals surface area contributed by atoms with Crippen molar-refractivity contribution in [2.24, 2.45) is 0 Å². The monoisotopic (exact) mass is 322 g/mol. The number of rotatable bonds is 3. The SMILES string of the molecule is Cc1cc(C)cc(C(=O)OCc2cc(=O)n3c(C)cccc3n2)c1. The minimum Gasteiger partial charge on any atom is -0.456 e. The summed E-state index contributed by atoms with van der Waals surface area (Å²) in [6, 6.07) is 12.4. The molecule has 2 aromatic heterocycles. The Kier molecular flexibility index (Phi) is 4.16. The van der Waals surface area contributed by atoms with Crippen molar-refractivity contribution in [2.45, 2.75) is 27.4 Å². The molecule has 1 aromatic carbocycles. The third-order valence-electron chi connectivity index (χ3n) is 3.74. The van der Waals surface area contributed by atoms with E-state index in [0.29, 0.717) is 16.9 Å². The molecule has 0 aliphatic heterocycles. The van der Waals surface area contributed by atoms with Gasteiger partial charge in [-0.15, -0.1) is 0 Å². The Bertz CT molecular complexity index is 969. The van der Waals surface area contributed by atoms with E-state index in [-0.39, 0.29) is 12.2 Å². The van der Waals surface area contributed by atoms with E-state index in [1.54, 1.807) is 18.2 Å². The zero-order valence-corrected chi connectivity index (χ0v) is 13.9. The third kappa shape index (κ3) is 3.20. The van der Waals surface area contributed by atoms with E-state index in [9.17, 15) is 9.59 Å². The average molecular weight is 322 g/mol. The van der Waals surface area contributed by atoms with Crippen molar-refractivity contribution in [2.75, 3.05) is 0 Å². The fourth-order valence-electron chi connectivity index (χ4n) is 2.75. The van der Waals surface area contributed by atoms with Crippen LogP contribution in [0.3, 0.4) is 0 Å². The summed E-state index contributed by atoms with van der Waals surface area (Å²) in [5.41, 5.74) is 4.10. The number of aromatic nitrogens is 2. The number of esters is 1. The van der Waals surface area contributed by atoms with Gasteiger partial charge in [-0.05, 0) is 45.0 Å². The molecule has 0 atom stereocenters. The summed E-state index contributed by atoms with van der Waals surface area (Å²) in [7, 11) is 0. The molecular weight excluding hydrogens is 304 g/mol. The number of benzene rings is 1. The first kappa shape index (κ1) is 15.9. The van der Waals surface area contributed by atoms with Crippen molar-refractivity contribution >= 4 is 11.6 Å². The van der Waals surface area contributed by atoms with Gasteiger partial charge in [0.25, 0.3) is 5.56 Å². The highest BCUT2D eigenvalue weighted by Gasteiger charge is 2.10. The van der Waals surface area contributed by atoms with Crippen LogP contribution in [0.5, 0.6) is 0 Å². The first-order valence-electron chi connectivity index (χ1n) is 7.68. The number of ether oxygens (including phenoxy) is 1. The molecule has 2 heterocycles. The van der Waals surface area contributed by atoms with Crippen LogP contribution in [-0.2, 0) is 11.3 Å². The molecular formula is C19H18N2O3. The Morgan fingerprint density at radius 1 is 1.08 bits per heavy atom. The van der Waals surface area contributed by atoms with Crippen molar-refractivity contribution < 1.29 is 9.53 Å². The summed E-state index contributed by atoms with van der Waals surface area (Å²) in [5, 5.41) is 0. The summed E-state index contributed by atoms with van der Waals surface area (Å²) in [6.07, 6.45) is 0. The van der Waals surface area contributed by atoms with Gasteiger partial charge in [-0.25, -0.2) is 9.78 Å². The van der Waals surface area contributed by atoms with Gasteiger partial charge in [-0.1, -0.05) is 23.3 Å². The molecule has 3 rings (SSSR count). The summed E-state index contributed by atoms with van der Waals surface area (Å²) in [4.78, 5) is 28.8. The largest absolute Gasteiger partial charge is 0.456 e. The predicted molar refractivity (Wildman–Crippen MR) is 91.2 cm³/mol. The van der Waals surface area contributed by atoms with Crippen LogP contribution in [-0.4, -0.2) is 15.4 Å². The van der Waals surface area contributed by atoms with Gasteiger partial charge < -0.3 is 4.74 Å². The minimum absolute atomic E-state index is 0.0362. The van der Waals surface area contributed by atoms with E-state index in [4.69, 9.17) is 4.74 Å². The quantitative estimate of drug-likeness (QED) is 0.696. The Morgan fingerprint density at radius 3 is 2.50 bits per heavy atom. The molecule has 122 valence electrons. The molecule has 24 heavy (non-hydrogen) atoms. The fourth-order valence-corrected chi connectivity index (χ4v) is 2.75. The van der Waals surface area contributed by atoms with E-state index in [1.807, 2.05) is 39.0 Å². The number of nitrogens with zero attached hydrogens (tertiary/aromatic N) is 2. The van der Waals surface area contributed by atoms with Crippen LogP contribution < -0.4 is 5.56 Å². The van der Waals surface area contributed by atoms with Crippen molar-refractivity contribution in [3.63, 3.8) is 0 Å². The van der Waals surface area contributed by atoms with Gasteiger partial charge >= 0.3 is 5.97 Å². The molecule has 0 bridgehead atoms. The highest BCUT2D eigenvalue weighted by molar-refractivity contribution is 5.89. The maximum Gasteiger partial charge on any atom is 0.338 e. The summed E-state index contributed by atoms with van der Waals surface area (Å²) in [6.45, 7) is 5.66. The van der Waals surface area contributed by atoms with E-state index >= 15 is 0 Å². The second kappa shape index (κ2) is 6.28. The molecule has 0 aliphatic rings. The lowest BCUT2D eigenvalue weighted by atomic mass is 10.1. The molecule has 0 unspecified atom stereocenters. The first-order chi connectivity index (χ1) is 11.4. The van der Waals surface area contributed by atoms with Gasteiger partial charge in [0.05, 0.1) is 11.3 Å².